The van der Waals surface area contributed by atoms with Gasteiger partial charge in [-0.25, -0.2) is 4.79 Å². The normalized spacial score (nSPS) is 11.1. The summed E-state index contributed by atoms with van der Waals surface area (Å²) in [6, 6.07) is 22.1. The molecule has 23 heavy (non-hydrogen) atoms. The van der Waals surface area contributed by atoms with Crippen LogP contribution in [0.25, 0.3) is 21.7 Å². The van der Waals surface area contributed by atoms with Crippen molar-refractivity contribution in [3.05, 3.63) is 84.1 Å². The molecule has 0 aliphatic carbocycles. The molecule has 1 N–H and O–H groups in total. The molecule has 0 saturated carbocycles. The number of benzene rings is 3. The minimum Gasteiger partial charge on any atom is -0.478 e. The van der Waals surface area contributed by atoms with Gasteiger partial charge in [0.25, 0.3) is 0 Å². The van der Waals surface area contributed by atoms with E-state index < -0.39 is 5.97 Å². The predicted octanol–water partition coefficient (Wildman–Crippen LogP) is 4.54. The highest BCUT2D eigenvalue weighted by Crippen LogP contribution is 2.25. The van der Waals surface area contributed by atoms with Crippen LogP contribution in [0.2, 0.25) is 0 Å². The average molecular weight is 301 g/mol. The summed E-state index contributed by atoms with van der Waals surface area (Å²) in [5.74, 6) is -0.891. The number of aromatic carboxylic acids is 1. The maximum atomic E-state index is 11.5. The lowest BCUT2D eigenvalue weighted by Crippen LogP contribution is -1.99. The van der Waals surface area contributed by atoms with Crippen LogP contribution >= 0.6 is 0 Å². The lowest BCUT2D eigenvalue weighted by Gasteiger charge is -2.09. The van der Waals surface area contributed by atoms with Crippen LogP contribution in [0.3, 0.4) is 0 Å². The number of carboxylic acid groups (broad SMARTS) is 1. The Morgan fingerprint density at radius 1 is 0.870 bits per heavy atom. The first-order chi connectivity index (χ1) is 11.2. The third-order valence-corrected chi connectivity index (χ3v) is 4.24. The van der Waals surface area contributed by atoms with E-state index >= 15 is 0 Å². The zero-order chi connectivity index (χ0) is 15.8. The Morgan fingerprint density at radius 2 is 1.57 bits per heavy atom. The van der Waals surface area contributed by atoms with E-state index in [9.17, 15) is 9.90 Å². The largest absolute Gasteiger partial charge is 0.478 e. The number of para-hydroxylation sites is 1. The molecule has 1 aromatic heterocycles. The van der Waals surface area contributed by atoms with Gasteiger partial charge in [0.2, 0.25) is 0 Å². The Bertz CT molecular complexity index is 1020. The number of hydrogen-bond acceptors (Lipinski definition) is 1. The van der Waals surface area contributed by atoms with Gasteiger partial charge in [-0.15, -0.1) is 0 Å². The fourth-order valence-electron chi connectivity index (χ4n) is 3.16. The molecule has 0 saturated heterocycles. The number of rotatable bonds is 3. The molecule has 3 aromatic carbocycles. The Balaban J connectivity index is 1.88. The highest BCUT2D eigenvalue weighted by molar-refractivity contribution is 6.03. The smallest absolute Gasteiger partial charge is 0.337 e. The molecule has 0 fully saturated rings. The predicted molar refractivity (Wildman–Crippen MR) is 91.9 cm³/mol. The summed E-state index contributed by atoms with van der Waals surface area (Å²) < 4.78 is 2.01. The van der Waals surface area contributed by atoms with E-state index in [1.54, 1.807) is 6.20 Å². The minimum atomic E-state index is -0.891. The van der Waals surface area contributed by atoms with Crippen LogP contribution in [0.1, 0.15) is 15.9 Å². The number of fused-ring (bicyclic) bond motifs is 2. The summed E-state index contributed by atoms with van der Waals surface area (Å²) in [7, 11) is 0. The molecule has 0 aliphatic heterocycles. The van der Waals surface area contributed by atoms with E-state index in [0.717, 1.165) is 10.9 Å². The summed E-state index contributed by atoms with van der Waals surface area (Å²) >= 11 is 0. The van der Waals surface area contributed by atoms with Gasteiger partial charge in [0, 0.05) is 23.6 Å². The third kappa shape index (κ3) is 2.27. The van der Waals surface area contributed by atoms with Gasteiger partial charge in [-0.05, 0) is 22.4 Å². The van der Waals surface area contributed by atoms with Gasteiger partial charge in [-0.1, -0.05) is 60.7 Å². The van der Waals surface area contributed by atoms with E-state index in [2.05, 4.69) is 24.3 Å². The van der Waals surface area contributed by atoms with E-state index in [-0.39, 0.29) is 0 Å². The van der Waals surface area contributed by atoms with Crippen molar-refractivity contribution in [2.24, 2.45) is 0 Å². The van der Waals surface area contributed by atoms with Gasteiger partial charge in [0.05, 0.1) is 5.56 Å². The van der Waals surface area contributed by atoms with E-state index in [1.807, 2.05) is 47.0 Å². The number of carbonyl (C=O) groups is 1. The maximum Gasteiger partial charge on any atom is 0.337 e. The van der Waals surface area contributed by atoms with Crippen LogP contribution < -0.4 is 0 Å². The first-order valence-corrected chi connectivity index (χ1v) is 7.52. The standard InChI is InChI=1S/C20H15NO2/c22-20(23)18-13-21(19-11-4-3-10-17(18)19)12-15-8-5-7-14-6-1-2-9-16(14)15/h1-11,13H,12H2,(H,22,23). The van der Waals surface area contributed by atoms with E-state index in [4.69, 9.17) is 0 Å². The first kappa shape index (κ1) is 13.6. The fourth-order valence-corrected chi connectivity index (χ4v) is 3.16. The van der Waals surface area contributed by atoms with Crippen molar-refractivity contribution in [2.45, 2.75) is 6.54 Å². The molecule has 4 aromatic rings. The fraction of sp³-hybridized carbons (Fsp3) is 0.0500. The van der Waals surface area contributed by atoms with Crippen LogP contribution in [-0.2, 0) is 6.54 Å². The topological polar surface area (TPSA) is 42.2 Å². The van der Waals surface area contributed by atoms with Gasteiger partial charge in [0.15, 0.2) is 0 Å². The maximum absolute atomic E-state index is 11.5. The van der Waals surface area contributed by atoms with Crippen molar-refractivity contribution in [3.63, 3.8) is 0 Å². The highest BCUT2D eigenvalue weighted by Gasteiger charge is 2.14. The van der Waals surface area contributed by atoms with Crippen LogP contribution in [0.5, 0.6) is 0 Å². The number of hydrogen-bond donors (Lipinski definition) is 1. The van der Waals surface area contributed by atoms with E-state index in [1.165, 1.54) is 16.3 Å². The Hall–Kier alpha value is -3.07. The van der Waals surface area contributed by atoms with Crippen molar-refractivity contribution >= 4 is 27.6 Å². The van der Waals surface area contributed by atoms with Crippen molar-refractivity contribution in [1.29, 1.82) is 0 Å². The van der Waals surface area contributed by atoms with Gasteiger partial charge < -0.3 is 9.67 Å². The Labute approximate surface area is 133 Å². The quantitative estimate of drug-likeness (QED) is 0.603. The first-order valence-electron chi connectivity index (χ1n) is 7.52. The lowest BCUT2D eigenvalue weighted by atomic mass is 10.0. The van der Waals surface area contributed by atoms with Crippen LogP contribution in [0.4, 0.5) is 0 Å². The van der Waals surface area contributed by atoms with Crippen LogP contribution in [-0.4, -0.2) is 15.6 Å². The zero-order valence-corrected chi connectivity index (χ0v) is 12.4. The molecule has 0 aliphatic rings. The molecule has 0 amide bonds. The average Bonchev–Trinajstić information content (AvgIpc) is 2.94. The SMILES string of the molecule is O=C(O)c1cn(Cc2cccc3ccccc23)c2ccccc12. The van der Waals surface area contributed by atoms with Gasteiger partial charge >= 0.3 is 5.97 Å². The van der Waals surface area contributed by atoms with Gasteiger partial charge in [0.1, 0.15) is 0 Å². The number of aromatic nitrogens is 1. The summed E-state index contributed by atoms with van der Waals surface area (Å²) in [6.45, 7) is 0.648. The summed E-state index contributed by atoms with van der Waals surface area (Å²) in [5, 5.41) is 12.6. The van der Waals surface area contributed by atoms with Gasteiger partial charge in [-0.2, -0.15) is 0 Å². The van der Waals surface area contributed by atoms with E-state index in [0.29, 0.717) is 12.1 Å². The van der Waals surface area contributed by atoms with Crippen LogP contribution in [0, 0.1) is 0 Å². The lowest BCUT2D eigenvalue weighted by molar-refractivity contribution is 0.0699. The van der Waals surface area contributed by atoms with Crippen molar-refractivity contribution in [3.8, 4) is 0 Å². The number of carboxylic acids is 1. The molecule has 4 rings (SSSR count). The molecular weight excluding hydrogens is 286 g/mol. The van der Waals surface area contributed by atoms with Crippen LogP contribution in [0.15, 0.2) is 72.9 Å². The Morgan fingerprint density at radius 3 is 2.39 bits per heavy atom. The highest BCUT2D eigenvalue weighted by atomic mass is 16.4. The van der Waals surface area contributed by atoms with Crippen molar-refractivity contribution in [1.82, 2.24) is 4.57 Å². The molecule has 112 valence electrons. The molecule has 0 bridgehead atoms. The monoisotopic (exact) mass is 301 g/mol. The second-order valence-electron chi connectivity index (χ2n) is 5.63. The molecule has 3 heteroatoms. The molecule has 0 atom stereocenters. The Kier molecular flexibility index (Phi) is 3.12. The molecule has 0 radical (unpaired) electrons. The van der Waals surface area contributed by atoms with Crippen molar-refractivity contribution < 1.29 is 9.90 Å². The minimum absolute atomic E-state index is 0.348. The zero-order valence-electron chi connectivity index (χ0n) is 12.4. The molecule has 0 unspecified atom stereocenters. The molecule has 1 heterocycles. The summed E-state index contributed by atoms with van der Waals surface area (Å²) in [5.41, 5.74) is 2.47. The summed E-state index contributed by atoms with van der Waals surface area (Å²) in [4.78, 5) is 11.5. The van der Waals surface area contributed by atoms with Crippen molar-refractivity contribution in [2.75, 3.05) is 0 Å². The number of nitrogens with zero attached hydrogens (tertiary/aromatic N) is 1. The molecule has 0 spiro atoms. The molecular formula is C20H15NO2. The second kappa shape index (κ2) is 5.29. The van der Waals surface area contributed by atoms with Gasteiger partial charge in [-0.3, -0.25) is 0 Å². The summed E-state index contributed by atoms with van der Waals surface area (Å²) in [6.07, 6.45) is 1.73. The third-order valence-electron chi connectivity index (χ3n) is 4.24. The second-order valence-corrected chi connectivity index (χ2v) is 5.63. The molecule has 3 nitrogen and oxygen atoms in total.